The standard InChI is InChI=1S/C25H21N3OS2/c26-13-20-23(22-9-5-11-31-22)21-16-28(15-19-8-4-10-30-19)14-18(24(21)29-25(20)27)12-17-6-2-1-3-7-17/h1-12,23H,14-16,27H2/b18-12+/t23-/m0/s1. The molecule has 1 aromatic carbocycles. The van der Waals surface area contributed by atoms with Crippen molar-refractivity contribution >= 4 is 28.7 Å². The molecule has 0 fully saturated rings. The number of nitrogens with zero attached hydrogens (tertiary/aromatic N) is 2. The Morgan fingerprint density at radius 3 is 2.58 bits per heavy atom. The van der Waals surface area contributed by atoms with Crippen LogP contribution in [0.5, 0.6) is 0 Å². The first kappa shape index (κ1) is 19.8. The first-order chi connectivity index (χ1) is 15.2. The number of hydrogen-bond acceptors (Lipinski definition) is 6. The maximum absolute atomic E-state index is 9.88. The fourth-order valence-corrected chi connectivity index (χ4v) is 5.82. The summed E-state index contributed by atoms with van der Waals surface area (Å²) in [5.41, 5.74) is 10.1. The minimum Gasteiger partial charge on any atom is -0.440 e. The average molecular weight is 444 g/mol. The number of hydrogen-bond donors (Lipinski definition) is 1. The Bertz CT molecular complexity index is 1200. The van der Waals surface area contributed by atoms with Gasteiger partial charge in [0.2, 0.25) is 5.88 Å². The van der Waals surface area contributed by atoms with E-state index in [-0.39, 0.29) is 11.8 Å². The van der Waals surface area contributed by atoms with Gasteiger partial charge in [-0.05, 0) is 34.5 Å². The molecule has 6 heteroatoms. The molecule has 0 amide bonds. The normalized spacial score (nSPS) is 20.5. The molecule has 0 bridgehead atoms. The van der Waals surface area contributed by atoms with Crippen LogP contribution in [-0.2, 0) is 11.3 Å². The second kappa shape index (κ2) is 8.56. The van der Waals surface area contributed by atoms with Gasteiger partial charge < -0.3 is 10.5 Å². The Labute approximate surface area is 189 Å². The maximum Gasteiger partial charge on any atom is 0.205 e. The summed E-state index contributed by atoms with van der Waals surface area (Å²) in [6, 6.07) is 20.9. The molecule has 31 heavy (non-hydrogen) atoms. The molecule has 2 aliphatic rings. The number of allylic oxidation sites excluding steroid dienone is 1. The minimum atomic E-state index is -0.168. The van der Waals surface area contributed by atoms with Crippen molar-refractivity contribution in [3.8, 4) is 6.07 Å². The lowest BCUT2D eigenvalue weighted by Gasteiger charge is -2.37. The summed E-state index contributed by atoms with van der Waals surface area (Å²) in [6.45, 7) is 2.36. The minimum absolute atomic E-state index is 0.168. The van der Waals surface area contributed by atoms with Crippen molar-refractivity contribution < 1.29 is 4.74 Å². The van der Waals surface area contributed by atoms with Crippen LogP contribution < -0.4 is 5.73 Å². The quantitative estimate of drug-likeness (QED) is 0.581. The van der Waals surface area contributed by atoms with Crippen molar-refractivity contribution in [3.63, 3.8) is 0 Å². The summed E-state index contributed by atoms with van der Waals surface area (Å²) in [5, 5.41) is 14.0. The number of nitriles is 1. The molecule has 4 nitrogen and oxygen atoms in total. The molecular formula is C25H21N3OS2. The van der Waals surface area contributed by atoms with Gasteiger partial charge in [0.15, 0.2) is 0 Å². The molecule has 3 aromatic rings. The van der Waals surface area contributed by atoms with Crippen LogP contribution in [0.2, 0.25) is 0 Å². The zero-order chi connectivity index (χ0) is 21.2. The van der Waals surface area contributed by atoms with Gasteiger partial charge in [-0.25, -0.2) is 0 Å². The topological polar surface area (TPSA) is 62.3 Å². The smallest absolute Gasteiger partial charge is 0.205 e. The first-order valence-electron chi connectivity index (χ1n) is 10.1. The Hall–Kier alpha value is -3.11. The predicted molar refractivity (Wildman–Crippen MR) is 126 cm³/mol. The third kappa shape index (κ3) is 3.96. The Morgan fingerprint density at radius 1 is 1.06 bits per heavy atom. The highest BCUT2D eigenvalue weighted by Crippen LogP contribution is 2.45. The van der Waals surface area contributed by atoms with Crippen LogP contribution in [0.1, 0.15) is 21.2 Å². The number of thiophene rings is 2. The molecule has 0 unspecified atom stereocenters. The lowest BCUT2D eigenvalue weighted by atomic mass is 9.83. The molecule has 0 saturated carbocycles. The van der Waals surface area contributed by atoms with Crippen LogP contribution in [0, 0.1) is 11.3 Å². The van der Waals surface area contributed by atoms with Gasteiger partial charge >= 0.3 is 0 Å². The van der Waals surface area contributed by atoms with Gasteiger partial charge in [0, 0.05) is 40.5 Å². The van der Waals surface area contributed by atoms with E-state index in [4.69, 9.17) is 10.5 Å². The van der Waals surface area contributed by atoms with E-state index in [0.29, 0.717) is 5.57 Å². The van der Waals surface area contributed by atoms with Crippen LogP contribution in [0.4, 0.5) is 0 Å². The second-order valence-corrected chi connectivity index (χ2v) is 9.61. The summed E-state index contributed by atoms with van der Waals surface area (Å²) in [7, 11) is 0. The lowest BCUT2D eigenvalue weighted by Crippen LogP contribution is -2.37. The number of nitrogens with two attached hydrogens (primary N) is 1. The van der Waals surface area contributed by atoms with Crippen molar-refractivity contribution in [1.29, 1.82) is 5.26 Å². The van der Waals surface area contributed by atoms with Gasteiger partial charge in [0.05, 0.1) is 5.92 Å². The number of ether oxygens (including phenoxy) is 1. The van der Waals surface area contributed by atoms with E-state index >= 15 is 0 Å². The molecule has 0 aliphatic carbocycles. The first-order valence-corrected chi connectivity index (χ1v) is 11.8. The number of rotatable bonds is 4. The molecular weight excluding hydrogens is 422 g/mol. The summed E-state index contributed by atoms with van der Waals surface area (Å²) < 4.78 is 6.12. The summed E-state index contributed by atoms with van der Waals surface area (Å²) in [4.78, 5) is 4.86. The van der Waals surface area contributed by atoms with Gasteiger partial charge in [-0.1, -0.05) is 42.5 Å². The molecule has 5 rings (SSSR count). The van der Waals surface area contributed by atoms with Crippen LogP contribution in [0.25, 0.3) is 6.08 Å². The van der Waals surface area contributed by atoms with Crippen molar-refractivity contribution in [2.75, 3.05) is 13.1 Å². The highest BCUT2D eigenvalue weighted by atomic mass is 32.1. The molecule has 0 radical (unpaired) electrons. The fourth-order valence-electron chi connectivity index (χ4n) is 4.21. The Balaban J connectivity index is 1.62. The molecule has 0 spiro atoms. The van der Waals surface area contributed by atoms with E-state index in [1.54, 1.807) is 22.7 Å². The van der Waals surface area contributed by atoms with Gasteiger partial charge in [-0.2, -0.15) is 5.26 Å². The zero-order valence-electron chi connectivity index (χ0n) is 16.8. The van der Waals surface area contributed by atoms with Crippen LogP contribution in [0.15, 0.2) is 93.7 Å². The van der Waals surface area contributed by atoms with E-state index in [0.717, 1.165) is 47.0 Å². The van der Waals surface area contributed by atoms with Gasteiger partial charge in [-0.3, -0.25) is 4.90 Å². The maximum atomic E-state index is 9.88. The third-order valence-corrected chi connectivity index (χ3v) is 7.33. The molecule has 4 heterocycles. The SMILES string of the molecule is N#CC1=C(N)OC2=C(CN(Cc3cccs3)C/C2=C\c2ccccc2)[C@H]1c1cccs1. The van der Waals surface area contributed by atoms with E-state index in [9.17, 15) is 5.26 Å². The average Bonchev–Trinajstić information content (AvgIpc) is 3.48. The van der Waals surface area contributed by atoms with Crippen molar-refractivity contribution in [1.82, 2.24) is 4.90 Å². The molecule has 1 atom stereocenters. The van der Waals surface area contributed by atoms with Crippen LogP contribution in [0.3, 0.4) is 0 Å². The van der Waals surface area contributed by atoms with E-state index in [1.165, 1.54) is 4.88 Å². The van der Waals surface area contributed by atoms with Gasteiger partial charge in [-0.15, -0.1) is 22.7 Å². The van der Waals surface area contributed by atoms with Crippen LogP contribution >= 0.6 is 22.7 Å². The molecule has 0 saturated heterocycles. The monoisotopic (exact) mass is 443 g/mol. The lowest BCUT2D eigenvalue weighted by molar-refractivity contribution is 0.231. The second-order valence-electron chi connectivity index (χ2n) is 7.60. The largest absolute Gasteiger partial charge is 0.440 e. The summed E-state index contributed by atoms with van der Waals surface area (Å²) >= 11 is 3.42. The predicted octanol–water partition coefficient (Wildman–Crippen LogP) is 5.47. The highest BCUT2D eigenvalue weighted by molar-refractivity contribution is 7.10. The highest BCUT2D eigenvalue weighted by Gasteiger charge is 2.38. The Morgan fingerprint density at radius 2 is 1.87 bits per heavy atom. The fraction of sp³-hybridized carbons (Fsp3) is 0.160. The van der Waals surface area contributed by atoms with Crippen LogP contribution in [-0.4, -0.2) is 18.0 Å². The van der Waals surface area contributed by atoms with Crippen molar-refractivity contribution in [3.05, 3.63) is 109 Å². The Kier molecular flexibility index (Phi) is 5.47. The molecule has 2 aliphatic heterocycles. The van der Waals surface area contributed by atoms with Crippen molar-refractivity contribution in [2.24, 2.45) is 5.73 Å². The summed E-state index contributed by atoms with van der Waals surface area (Å²) in [6.07, 6.45) is 2.17. The van der Waals surface area contributed by atoms with Gasteiger partial charge in [0.25, 0.3) is 0 Å². The van der Waals surface area contributed by atoms with E-state index in [2.05, 4.69) is 52.8 Å². The van der Waals surface area contributed by atoms with E-state index in [1.807, 2.05) is 29.6 Å². The molecule has 154 valence electrons. The molecule has 2 N–H and O–H groups in total. The third-order valence-electron chi connectivity index (χ3n) is 5.53. The van der Waals surface area contributed by atoms with E-state index < -0.39 is 0 Å². The zero-order valence-corrected chi connectivity index (χ0v) is 18.5. The van der Waals surface area contributed by atoms with Gasteiger partial charge in [0.1, 0.15) is 17.4 Å². The van der Waals surface area contributed by atoms with Crippen molar-refractivity contribution in [2.45, 2.75) is 12.5 Å². The molecule has 2 aromatic heterocycles. The number of benzene rings is 1. The summed E-state index contributed by atoms with van der Waals surface area (Å²) in [5.74, 6) is 0.866.